The lowest BCUT2D eigenvalue weighted by atomic mass is 10.0. The molecule has 1 N–H and O–H groups in total. The van der Waals surface area contributed by atoms with Gasteiger partial charge in [-0.3, -0.25) is 4.79 Å². The topological polar surface area (TPSA) is 91.2 Å². The van der Waals surface area contributed by atoms with Gasteiger partial charge in [0.1, 0.15) is 18.0 Å². The van der Waals surface area contributed by atoms with Crippen LogP contribution in [0, 0.1) is 0 Å². The molecule has 1 atom stereocenters. The average Bonchev–Trinajstić information content (AvgIpc) is 3.17. The highest BCUT2D eigenvalue weighted by atomic mass is 16.5. The lowest BCUT2D eigenvalue weighted by molar-refractivity contribution is -0.123. The molecule has 27 heavy (non-hydrogen) atoms. The Kier molecular flexibility index (Phi) is 4.69. The largest absolute Gasteiger partial charge is 0.497 e. The Morgan fingerprint density at radius 1 is 1.30 bits per heavy atom. The molecule has 0 saturated carbocycles. The molecule has 0 fully saturated rings. The van der Waals surface area contributed by atoms with Gasteiger partial charge in [0.15, 0.2) is 0 Å². The van der Waals surface area contributed by atoms with Gasteiger partial charge in [0.25, 0.3) is 0 Å². The molecule has 0 aliphatic carbocycles. The second-order valence-electron chi connectivity index (χ2n) is 6.17. The Bertz CT molecular complexity index is 956. The van der Waals surface area contributed by atoms with Gasteiger partial charge in [0, 0.05) is 17.5 Å². The molecule has 1 aromatic heterocycles. The summed E-state index contributed by atoms with van der Waals surface area (Å²) >= 11 is 0. The molecule has 0 radical (unpaired) electrons. The van der Waals surface area contributed by atoms with Crippen LogP contribution in [-0.2, 0) is 11.3 Å². The Morgan fingerprint density at radius 3 is 3.07 bits per heavy atom. The van der Waals surface area contributed by atoms with Crippen molar-refractivity contribution in [3.63, 3.8) is 0 Å². The van der Waals surface area contributed by atoms with Crippen LogP contribution in [0.2, 0.25) is 0 Å². The molecule has 0 spiro atoms. The minimum atomic E-state index is -0.175. The van der Waals surface area contributed by atoms with Crippen LogP contribution in [0.1, 0.15) is 18.0 Å². The minimum absolute atomic E-state index is 0.00348. The summed E-state index contributed by atoms with van der Waals surface area (Å²) in [7, 11) is 1.60. The molecular formula is C19H19N5O3. The van der Waals surface area contributed by atoms with E-state index >= 15 is 0 Å². The number of para-hydroxylation sites is 1. The molecule has 4 rings (SSSR count). The number of hydrogen-bond donors (Lipinski definition) is 1. The highest BCUT2D eigenvalue weighted by molar-refractivity contribution is 5.76. The van der Waals surface area contributed by atoms with Crippen molar-refractivity contribution in [3.8, 4) is 22.9 Å². The van der Waals surface area contributed by atoms with Crippen LogP contribution in [0.3, 0.4) is 0 Å². The number of benzene rings is 2. The van der Waals surface area contributed by atoms with Crippen molar-refractivity contribution < 1.29 is 14.3 Å². The van der Waals surface area contributed by atoms with Gasteiger partial charge in [-0.15, -0.1) is 10.2 Å². The van der Waals surface area contributed by atoms with E-state index in [0.717, 1.165) is 23.3 Å². The molecular weight excluding hydrogens is 346 g/mol. The molecule has 3 aromatic rings. The van der Waals surface area contributed by atoms with E-state index in [2.05, 4.69) is 20.7 Å². The maximum Gasteiger partial charge on any atom is 0.244 e. The van der Waals surface area contributed by atoms with Crippen LogP contribution in [0.15, 0.2) is 48.5 Å². The smallest absolute Gasteiger partial charge is 0.244 e. The first-order chi connectivity index (χ1) is 13.2. The summed E-state index contributed by atoms with van der Waals surface area (Å²) in [6.07, 6.45) is 0.725. The highest BCUT2D eigenvalue weighted by Crippen LogP contribution is 2.31. The summed E-state index contributed by atoms with van der Waals surface area (Å²) < 4.78 is 10.8. The maximum absolute atomic E-state index is 12.4. The summed E-state index contributed by atoms with van der Waals surface area (Å²) in [6, 6.07) is 15.0. The number of fused-ring (bicyclic) bond motifs is 1. The van der Waals surface area contributed by atoms with Gasteiger partial charge in [-0.25, -0.2) is 0 Å². The van der Waals surface area contributed by atoms with Crippen molar-refractivity contribution in [1.82, 2.24) is 25.5 Å². The Balaban J connectivity index is 1.43. The Hall–Kier alpha value is -3.42. The first kappa shape index (κ1) is 17.0. The van der Waals surface area contributed by atoms with Crippen LogP contribution >= 0.6 is 0 Å². The van der Waals surface area contributed by atoms with Gasteiger partial charge >= 0.3 is 0 Å². The van der Waals surface area contributed by atoms with Gasteiger partial charge in [-0.05, 0) is 23.4 Å². The number of aromatic nitrogens is 4. The van der Waals surface area contributed by atoms with Gasteiger partial charge in [0.05, 0.1) is 19.8 Å². The van der Waals surface area contributed by atoms with Crippen LogP contribution in [0.25, 0.3) is 11.4 Å². The monoisotopic (exact) mass is 365 g/mol. The quantitative estimate of drug-likeness (QED) is 0.743. The Morgan fingerprint density at radius 2 is 2.19 bits per heavy atom. The van der Waals surface area contributed by atoms with Crippen molar-refractivity contribution in [1.29, 1.82) is 0 Å². The van der Waals surface area contributed by atoms with Crippen LogP contribution in [0.5, 0.6) is 11.5 Å². The molecule has 0 bridgehead atoms. The molecule has 8 heteroatoms. The van der Waals surface area contributed by atoms with E-state index in [1.165, 1.54) is 4.80 Å². The van der Waals surface area contributed by atoms with E-state index in [9.17, 15) is 4.79 Å². The maximum atomic E-state index is 12.4. The number of carbonyl (C=O) groups is 1. The normalized spacial score (nSPS) is 15.5. The zero-order valence-corrected chi connectivity index (χ0v) is 14.8. The van der Waals surface area contributed by atoms with Crippen LogP contribution < -0.4 is 14.8 Å². The fourth-order valence-electron chi connectivity index (χ4n) is 3.05. The van der Waals surface area contributed by atoms with Crippen molar-refractivity contribution in [3.05, 3.63) is 54.1 Å². The number of nitrogens with zero attached hydrogens (tertiary/aromatic N) is 4. The molecule has 1 unspecified atom stereocenters. The fourth-order valence-corrected chi connectivity index (χ4v) is 3.05. The number of ether oxygens (including phenoxy) is 2. The average molecular weight is 365 g/mol. The Labute approximate surface area is 156 Å². The third kappa shape index (κ3) is 3.74. The third-order valence-corrected chi connectivity index (χ3v) is 4.36. The number of hydrogen-bond acceptors (Lipinski definition) is 6. The van der Waals surface area contributed by atoms with Crippen molar-refractivity contribution >= 4 is 5.91 Å². The van der Waals surface area contributed by atoms with Crippen LogP contribution in [-0.4, -0.2) is 39.8 Å². The first-order valence-corrected chi connectivity index (χ1v) is 8.66. The molecule has 138 valence electrons. The number of carbonyl (C=O) groups excluding carboxylic acids is 1. The predicted molar refractivity (Wildman–Crippen MR) is 97.2 cm³/mol. The lowest BCUT2D eigenvalue weighted by Gasteiger charge is -2.26. The molecule has 1 aliphatic rings. The summed E-state index contributed by atoms with van der Waals surface area (Å²) in [6.45, 7) is 0.569. The standard InChI is InChI=1S/C19H19N5O3/c1-26-14-6-4-5-13(11-14)19-21-23-24(22-19)12-18(25)20-16-9-10-27-17-8-3-2-7-15(16)17/h2-8,11,16H,9-10,12H2,1H3,(H,20,25). The van der Waals surface area contributed by atoms with Gasteiger partial charge in [-0.2, -0.15) is 4.80 Å². The highest BCUT2D eigenvalue weighted by Gasteiger charge is 2.23. The second kappa shape index (κ2) is 7.45. The molecule has 0 saturated heterocycles. The zero-order chi connectivity index (χ0) is 18.6. The second-order valence-corrected chi connectivity index (χ2v) is 6.17. The first-order valence-electron chi connectivity index (χ1n) is 8.66. The lowest BCUT2D eigenvalue weighted by Crippen LogP contribution is -2.34. The summed E-state index contributed by atoms with van der Waals surface area (Å²) in [4.78, 5) is 13.7. The molecule has 8 nitrogen and oxygen atoms in total. The van der Waals surface area contributed by atoms with E-state index in [1.54, 1.807) is 7.11 Å². The van der Waals surface area contributed by atoms with E-state index in [4.69, 9.17) is 9.47 Å². The summed E-state index contributed by atoms with van der Waals surface area (Å²) in [5.41, 5.74) is 1.76. The van der Waals surface area contributed by atoms with Gasteiger partial charge < -0.3 is 14.8 Å². The number of methoxy groups -OCH3 is 1. The third-order valence-electron chi connectivity index (χ3n) is 4.36. The minimum Gasteiger partial charge on any atom is -0.497 e. The van der Waals surface area contributed by atoms with Gasteiger partial charge in [0.2, 0.25) is 11.7 Å². The molecule has 1 amide bonds. The summed E-state index contributed by atoms with van der Waals surface area (Å²) in [5.74, 6) is 1.79. The number of rotatable bonds is 5. The van der Waals surface area contributed by atoms with Gasteiger partial charge in [-0.1, -0.05) is 30.3 Å². The van der Waals surface area contributed by atoms with E-state index in [1.807, 2.05) is 48.5 Å². The van der Waals surface area contributed by atoms with Crippen LogP contribution in [0.4, 0.5) is 0 Å². The van der Waals surface area contributed by atoms with E-state index < -0.39 is 0 Å². The fraction of sp³-hybridized carbons (Fsp3) is 0.263. The predicted octanol–water partition coefficient (Wildman–Crippen LogP) is 1.99. The van der Waals surface area contributed by atoms with E-state index in [0.29, 0.717) is 18.2 Å². The molecule has 1 aliphatic heterocycles. The number of tetrazole rings is 1. The molecule has 2 aromatic carbocycles. The van der Waals surface area contributed by atoms with E-state index in [-0.39, 0.29) is 18.5 Å². The SMILES string of the molecule is COc1cccc(-c2nnn(CC(=O)NC3CCOc4ccccc43)n2)c1. The summed E-state index contributed by atoms with van der Waals surface area (Å²) in [5, 5.41) is 15.3. The number of nitrogens with one attached hydrogen (secondary N) is 1. The van der Waals surface area contributed by atoms with Crippen molar-refractivity contribution in [2.45, 2.75) is 19.0 Å². The number of amides is 1. The molecule has 2 heterocycles. The van der Waals surface area contributed by atoms with Crippen molar-refractivity contribution in [2.24, 2.45) is 0 Å². The van der Waals surface area contributed by atoms with Crippen molar-refractivity contribution in [2.75, 3.05) is 13.7 Å². The zero-order valence-electron chi connectivity index (χ0n) is 14.8.